The molecule has 14 heavy (non-hydrogen) atoms. The van der Waals surface area contributed by atoms with Crippen molar-refractivity contribution in [2.45, 2.75) is 38.1 Å². The van der Waals surface area contributed by atoms with Crippen molar-refractivity contribution in [1.82, 2.24) is 4.90 Å². The molecule has 1 aliphatic carbocycles. The van der Waals surface area contributed by atoms with E-state index in [4.69, 9.17) is 5.11 Å². The van der Waals surface area contributed by atoms with Crippen molar-refractivity contribution in [1.29, 1.82) is 0 Å². The van der Waals surface area contributed by atoms with Crippen molar-refractivity contribution >= 4 is 11.9 Å². The number of amides is 1. The van der Waals surface area contributed by atoms with Gasteiger partial charge in [0.25, 0.3) is 0 Å². The maximum atomic E-state index is 11.3. The Kier molecular flexibility index (Phi) is 2.44. The van der Waals surface area contributed by atoms with Gasteiger partial charge in [0.05, 0.1) is 0 Å². The second-order valence-corrected chi connectivity index (χ2v) is 4.20. The molecule has 4 nitrogen and oxygen atoms in total. The minimum atomic E-state index is -1.31. The van der Waals surface area contributed by atoms with E-state index in [1.54, 1.807) is 4.90 Å². The Morgan fingerprint density at radius 2 is 1.86 bits per heavy atom. The van der Waals surface area contributed by atoms with Gasteiger partial charge in [0.15, 0.2) is 0 Å². The zero-order valence-electron chi connectivity index (χ0n) is 8.11. The second kappa shape index (κ2) is 3.59. The number of hydrogen-bond acceptors (Lipinski definition) is 2. The van der Waals surface area contributed by atoms with Crippen LogP contribution in [0.25, 0.3) is 0 Å². The van der Waals surface area contributed by atoms with Crippen molar-refractivity contribution in [2.24, 2.45) is 5.92 Å². The van der Waals surface area contributed by atoms with E-state index in [1.165, 1.54) is 6.42 Å². The zero-order chi connectivity index (χ0) is 10.1. The molecule has 0 aromatic carbocycles. The molecule has 2 atom stereocenters. The molecule has 0 radical (unpaired) electrons. The van der Waals surface area contributed by atoms with Crippen molar-refractivity contribution in [2.75, 3.05) is 6.54 Å². The summed E-state index contributed by atoms with van der Waals surface area (Å²) in [7, 11) is 0. The minimum Gasteiger partial charge on any atom is -0.474 e. The molecule has 0 spiro atoms. The third-order valence-corrected chi connectivity index (χ3v) is 3.45. The van der Waals surface area contributed by atoms with E-state index in [9.17, 15) is 9.59 Å². The molecular formula is C10H15NO3. The fourth-order valence-electron chi connectivity index (χ4n) is 2.78. The maximum Gasteiger partial charge on any atom is 0.394 e. The van der Waals surface area contributed by atoms with Crippen molar-refractivity contribution in [3.63, 3.8) is 0 Å². The number of aliphatic carboxylic acids is 1. The molecule has 1 saturated heterocycles. The highest BCUT2D eigenvalue weighted by molar-refractivity contribution is 6.31. The second-order valence-electron chi connectivity index (χ2n) is 4.20. The molecule has 0 aromatic rings. The summed E-state index contributed by atoms with van der Waals surface area (Å²) in [6.07, 6.45) is 5.50. The number of likely N-dealkylation sites (tertiary alicyclic amines) is 1. The van der Waals surface area contributed by atoms with Gasteiger partial charge in [-0.05, 0) is 25.2 Å². The van der Waals surface area contributed by atoms with Gasteiger partial charge in [-0.3, -0.25) is 4.79 Å². The fraction of sp³-hybridized carbons (Fsp3) is 0.800. The third-order valence-electron chi connectivity index (χ3n) is 3.45. The Morgan fingerprint density at radius 1 is 1.14 bits per heavy atom. The maximum absolute atomic E-state index is 11.3. The summed E-state index contributed by atoms with van der Waals surface area (Å²) in [5.41, 5.74) is 0. The molecule has 1 saturated carbocycles. The number of rotatable bonds is 0. The highest BCUT2D eigenvalue weighted by Crippen LogP contribution is 2.35. The number of nitrogens with zero attached hydrogens (tertiary/aromatic N) is 1. The van der Waals surface area contributed by atoms with Gasteiger partial charge in [-0.2, -0.15) is 0 Å². The van der Waals surface area contributed by atoms with Gasteiger partial charge in [0.1, 0.15) is 0 Å². The molecule has 2 aliphatic rings. The Balaban J connectivity index is 2.07. The number of carboxylic acid groups (broad SMARTS) is 1. The van der Waals surface area contributed by atoms with Gasteiger partial charge in [0.2, 0.25) is 0 Å². The van der Waals surface area contributed by atoms with E-state index >= 15 is 0 Å². The van der Waals surface area contributed by atoms with Crippen LogP contribution in [-0.4, -0.2) is 34.5 Å². The number of carboxylic acids is 1. The lowest BCUT2D eigenvalue weighted by molar-refractivity contribution is -0.156. The van der Waals surface area contributed by atoms with E-state index < -0.39 is 11.9 Å². The Hall–Kier alpha value is -1.06. The van der Waals surface area contributed by atoms with Crippen LogP contribution < -0.4 is 0 Å². The van der Waals surface area contributed by atoms with Crippen molar-refractivity contribution < 1.29 is 14.7 Å². The normalized spacial score (nSPS) is 31.3. The number of fused-ring (bicyclic) bond motifs is 1. The molecule has 0 bridgehead atoms. The number of hydrogen-bond donors (Lipinski definition) is 1. The summed E-state index contributed by atoms with van der Waals surface area (Å²) < 4.78 is 0. The fourth-order valence-corrected chi connectivity index (χ4v) is 2.78. The summed E-state index contributed by atoms with van der Waals surface area (Å²) in [6, 6.07) is 0.215. The largest absolute Gasteiger partial charge is 0.474 e. The predicted octanol–water partition coefficient (Wildman–Crippen LogP) is 0.862. The Bertz CT molecular complexity index is 264. The van der Waals surface area contributed by atoms with E-state index in [1.807, 2.05) is 0 Å². The van der Waals surface area contributed by atoms with E-state index in [-0.39, 0.29) is 6.04 Å². The minimum absolute atomic E-state index is 0.215. The first-order chi connectivity index (χ1) is 6.70. The molecule has 2 fully saturated rings. The molecule has 1 heterocycles. The first-order valence-electron chi connectivity index (χ1n) is 5.24. The van der Waals surface area contributed by atoms with Gasteiger partial charge >= 0.3 is 11.9 Å². The van der Waals surface area contributed by atoms with E-state index in [0.29, 0.717) is 12.5 Å². The number of carbonyl (C=O) groups is 2. The van der Waals surface area contributed by atoms with E-state index in [2.05, 4.69) is 0 Å². The third kappa shape index (κ3) is 1.49. The van der Waals surface area contributed by atoms with Gasteiger partial charge in [0, 0.05) is 12.6 Å². The van der Waals surface area contributed by atoms with Gasteiger partial charge in [-0.15, -0.1) is 0 Å². The van der Waals surface area contributed by atoms with Crippen LogP contribution in [0.3, 0.4) is 0 Å². The lowest BCUT2D eigenvalue weighted by Gasteiger charge is -2.30. The highest BCUT2D eigenvalue weighted by atomic mass is 16.4. The lowest BCUT2D eigenvalue weighted by atomic mass is 9.85. The topological polar surface area (TPSA) is 57.6 Å². The smallest absolute Gasteiger partial charge is 0.394 e. The molecule has 1 amide bonds. The standard InChI is InChI=1S/C10H15NO3/c12-9(10(13)14)11-6-5-7-3-1-2-4-8(7)11/h7-8H,1-6H2,(H,13,14). The summed E-state index contributed by atoms with van der Waals surface area (Å²) in [4.78, 5) is 23.5. The summed E-state index contributed by atoms with van der Waals surface area (Å²) in [5.74, 6) is -1.46. The zero-order valence-corrected chi connectivity index (χ0v) is 8.11. The van der Waals surface area contributed by atoms with Crippen LogP contribution in [0.1, 0.15) is 32.1 Å². The molecule has 78 valence electrons. The van der Waals surface area contributed by atoms with Gasteiger partial charge in [-0.1, -0.05) is 12.8 Å². The molecule has 2 unspecified atom stereocenters. The molecule has 4 heteroatoms. The van der Waals surface area contributed by atoms with Crippen LogP contribution in [0.4, 0.5) is 0 Å². The first-order valence-corrected chi connectivity index (χ1v) is 5.24. The molecule has 0 aromatic heterocycles. The summed E-state index contributed by atoms with van der Waals surface area (Å²) in [5, 5.41) is 8.64. The van der Waals surface area contributed by atoms with E-state index in [0.717, 1.165) is 25.7 Å². The van der Waals surface area contributed by atoms with Crippen molar-refractivity contribution in [3.8, 4) is 0 Å². The van der Waals surface area contributed by atoms with Crippen LogP contribution in [0.5, 0.6) is 0 Å². The quantitative estimate of drug-likeness (QED) is 0.586. The van der Waals surface area contributed by atoms with Crippen LogP contribution in [0.2, 0.25) is 0 Å². The Morgan fingerprint density at radius 3 is 2.57 bits per heavy atom. The van der Waals surface area contributed by atoms with Crippen LogP contribution >= 0.6 is 0 Å². The molecule has 1 aliphatic heterocycles. The predicted molar refractivity (Wildman–Crippen MR) is 49.7 cm³/mol. The monoisotopic (exact) mass is 197 g/mol. The SMILES string of the molecule is O=C(O)C(=O)N1CCC2CCCCC21. The molecule has 1 N–H and O–H groups in total. The van der Waals surface area contributed by atoms with Gasteiger partial charge in [-0.25, -0.2) is 4.79 Å². The molecular weight excluding hydrogens is 182 g/mol. The van der Waals surface area contributed by atoms with Gasteiger partial charge < -0.3 is 10.0 Å². The van der Waals surface area contributed by atoms with Crippen molar-refractivity contribution in [3.05, 3.63) is 0 Å². The number of carbonyl (C=O) groups excluding carboxylic acids is 1. The lowest BCUT2D eigenvalue weighted by Crippen LogP contribution is -2.42. The average molecular weight is 197 g/mol. The highest BCUT2D eigenvalue weighted by Gasteiger charge is 2.39. The first kappa shape index (κ1) is 9.49. The van der Waals surface area contributed by atoms with Crippen LogP contribution in [0.15, 0.2) is 0 Å². The Labute approximate surface area is 82.9 Å². The summed E-state index contributed by atoms with van der Waals surface area (Å²) in [6.45, 7) is 0.639. The van der Waals surface area contributed by atoms with Crippen LogP contribution in [0, 0.1) is 5.92 Å². The van der Waals surface area contributed by atoms with Crippen LogP contribution in [-0.2, 0) is 9.59 Å². The summed E-state index contributed by atoms with van der Waals surface area (Å²) >= 11 is 0. The molecule has 2 rings (SSSR count). The average Bonchev–Trinajstić information content (AvgIpc) is 2.60.